The molecule has 0 bridgehead atoms. The highest BCUT2D eigenvalue weighted by Crippen LogP contribution is 2.28. The second-order valence-corrected chi connectivity index (χ2v) is 7.97. The Hall–Kier alpha value is -2.00. The maximum atomic E-state index is 12.4. The predicted octanol–water partition coefficient (Wildman–Crippen LogP) is 0.463. The zero-order chi connectivity index (χ0) is 16.0. The van der Waals surface area contributed by atoms with Crippen LogP contribution < -0.4 is 4.90 Å². The van der Waals surface area contributed by atoms with Gasteiger partial charge >= 0.3 is 0 Å². The van der Waals surface area contributed by atoms with Gasteiger partial charge < -0.3 is 9.42 Å². The summed E-state index contributed by atoms with van der Waals surface area (Å²) in [5.41, 5.74) is 2.36. The van der Waals surface area contributed by atoms with Crippen molar-refractivity contribution in [2.75, 3.05) is 25.0 Å². The lowest BCUT2D eigenvalue weighted by atomic mass is 10.1. The Morgan fingerprint density at radius 3 is 2.87 bits per heavy atom. The van der Waals surface area contributed by atoms with E-state index in [9.17, 15) is 8.42 Å². The number of rotatable bonds is 4. The summed E-state index contributed by atoms with van der Waals surface area (Å²) in [5.74, 6) is 0.831. The number of aromatic nitrogens is 3. The number of sulfonamides is 1. The zero-order valence-electron chi connectivity index (χ0n) is 12.7. The average molecular weight is 335 g/mol. The lowest BCUT2D eigenvalue weighted by Crippen LogP contribution is -2.60. The number of hydrogen-bond donors (Lipinski definition) is 0. The van der Waals surface area contributed by atoms with Crippen LogP contribution in [0.2, 0.25) is 0 Å². The fourth-order valence-electron chi connectivity index (χ4n) is 3.03. The van der Waals surface area contributed by atoms with Gasteiger partial charge in [0, 0.05) is 20.1 Å². The summed E-state index contributed by atoms with van der Waals surface area (Å²) in [7, 11) is -1.97. The Kier molecular flexibility index (Phi) is 3.34. The van der Waals surface area contributed by atoms with Crippen molar-refractivity contribution in [3.05, 3.63) is 29.8 Å². The van der Waals surface area contributed by atoms with E-state index in [1.54, 1.807) is 7.05 Å². The van der Waals surface area contributed by atoms with E-state index < -0.39 is 10.0 Å². The van der Waals surface area contributed by atoms with Crippen LogP contribution in [-0.2, 0) is 22.9 Å². The fraction of sp³-hybridized carbons (Fsp3) is 0.500. The molecule has 9 heteroatoms. The SMILES string of the molecule is CN(C1CN(c2cc3c(nn2)CCC3)C1)S(=O)(=O)c1cnoc1. The third kappa shape index (κ3) is 2.40. The molecule has 122 valence electrons. The minimum Gasteiger partial charge on any atom is -0.363 e. The quantitative estimate of drug-likeness (QED) is 0.801. The van der Waals surface area contributed by atoms with Crippen molar-refractivity contribution in [2.45, 2.75) is 30.2 Å². The molecule has 0 spiro atoms. The minimum atomic E-state index is -3.56. The Morgan fingerprint density at radius 2 is 2.13 bits per heavy atom. The second kappa shape index (κ2) is 5.27. The van der Waals surface area contributed by atoms with E-state index in [1.165, 1.54) is 16.1 Å². The van der Waals surface area contributed by atoms with Gasteiger partial charge in [-0.2, -0.15) is 9.40 Å². The molecule has 1 aliphatic carbocycles. The van der Waals surface area contributed by atoms with Crippen LogP contribution in [-0.4, -0.2) is 54.3 Å². The number of anilines is 1. The van der Waals surface area contributed by atoms with Gasteiger partial charge in [-0.25, -0.2) is 8.42 Å². The van der Waals surface area contributed by atoms with Crippen molar-refractivity contribution in [3.63, 3.8) is 0 Å². The molecule has 0 N–H and O–H groups in total. The first-order valence-electron chi connectivity index (χ1n) is 7.53. The molecule has 4 rings (SSSR count). The van der Waals surface area contributed by atoms with Crippen LogP contribution in [0.25, 0.3) is 0 Å². The molecule has 1 aliphatic heterocycles. The van der Waals surface area contributed by atoms with Gasteiger partial charge in [0.15, 0.2) is 5.82 Å². The lowest BCUT2D eigenvalue weighted by Gasteiger charge is -2.43. The van der Waals surface area contributed by atoms with Crippen molar-refractivity contribution in [3.8, 4) is 0 Å². The summed E-state index contributed by atoms with van der Waals surface area (Å²) in [5, 5.41) is 12.0. The second-order valence-electron chi connectivity index (χ2n) is 5.97. The molecule has 0 unspecified atom stereocenters. The molecule has 23 heavy (non-hydrogen) atoms. The predicted molar refractivity (Wildman–Crippen MR) is 81.5 cm³/mol. The van der Waals surface area contributed by atoms with E-state index in [1.807, 2.05) is 0 Å². The van der Waals surface area contributed by atoms with Crippen molar-refractivity contribution < 1.29 is 12.9 Å². The smallest absolute Gasteiger partial charge is 0.248 e. The molecule has 0 radical (unpaired) electrons. The summed E-state index contributed by atoms with van der Waals surface area (Å²) in [6, 6.07) is 1.99. The van der Waals surface area contributed by atoms with Crippen molar-refractivity contribution in [2.24, 2.45) is 0 Å². The summed E-state index contributed by atoms with van der Waals surface area (Å²) in [6.45, 7) is 1.21. The van der Waals surface area contributed by atoms with Crippen LogP contribution in [0, 0.1) is 0 Å². The maximum absolute atomic E-state index is 12.4. The molecule has 3 heterocycles. The van der Waals surface area contributed by atoms with Gasteiger partial charge in [-0.1, -0.05) is 5.16 Å². The summed E-state index contributed by atoms with van der Waals surface area (Å²) in [4.78, 5) is 2.13. The van der Waals surface area contributed by atoms with E-state index in [0.29, 0.717) is 13.1 Å². The Morgan fingerprint density at radius 1 is 1.30 bits per heavy atom. The van der Waals surface area contributed by atoms with Crippen LogP contribution in [0.3, 0.4) is 0 Å². The average Bonchev–Trinajstić information content (AvgIpc) is 3.16. The Balaban J connectivity index is 1.45. The molecule has 2 aliphatic rings. The Bertz CT molecular complexity index is 815. The summed E-state index contributed by atoms with van der Waals surface area (Å²) >= 11 is 0. The zero-order valence-corrected chi connectivity index (χ0v) is 13.5. The van der Waals surface area contributed by atoms with E-state index in [-0.39, 0.29) is 10.9 Å². The van der Waals surface area contributed by atoms with Crippen molar-refractivity contribution in [1.82, 2.24) is 19.7 Å². The molecule has 0 atom stereocenters. The number of hydrogen-bond acceptors (Lipinski definition) is 7. The normalized spacial score (nSPS) is 18.3. The van der Waals surface area contributed by atoms with Gasteiger partial charge in [-0.05, 0) is 30.9 Å². The number of likely N-dealkylation sites (N-methyl/N-ethyl adjacent to an activating group) is 1. The maximum Gasteiger partial charge on any atom is 0.248 e. The molecular weight excluding hydrogens is 318 g/mol. The highest BCUT2D eigenvalue weighted by molar-refractivity contribution is 7.89. The first-order valence-corrected chi connectivity index (χ1v) is 8.97. The van der Waals surface area contributed by atoms with Gasteiger partial charge in [-0.3, -0.25) is 0 Å². The molecule has 2 aromatic heterocycles. The van der Waals surface area contributed by atoms with Crippen LogP contribution in [0.4, 0.5) is 5.82 Å². The van der Waals surface area contributed by atoms with E-state index >= 15 is 0 Å². The topological polar surface area (TPSA) is 92.4 Å². The summed E-state index contributed by atoms with van der Waals surface area (Å²) in [6.07, 6.45) is 5.56. The van der Waals surface area contributed by atoms with Crippen LogP contribution in [0.15, 0.2) is 27.9 Å². The molecule has 2 aromatic rings. The number of nitrogens with zero attached hydrogens (tertiary/aromatic N) is 5. The monoisotopic (exact) mass is 335 g/mol. The Labute approximate surface area is 134 Å². The van der Waals surface area contributed by atoms with Crippen LogP contribution in [0.5, 0.6) is 0 Å². The first-order chi connectivity index (χ1) is 11.1. The molecule has 8 nitrogen and oxygen atoms in total. The molecule has 0 saturated carbocycles. The highest BCUT2D eigenvalue weighted by Gasteiger charge is 2.38. The van der Waals surface area contributed by atoms with Gasteiger partial charge in [-0.15, -0.1) is 5.10 Å². The van der Waals surface area contributed by atoms with Gasteiger partial charge in [0.2, 0.25) is 10.0 Å². The van der Waals surface area contributed by atoms with E-state index in [2.05, 4.69) is 30.8 Å². The molecule has 1 fully saturated rings. The van der Waals surface area contributed by atoms with E-state index in [4.69, 9.17) is 0 Å². The fourth-order valence-corrected chi connectivity index (χ4v) is 4.23. The molecular formula is C14H17N5O3S. The van der Waals surface area contributed by atoms with Crippen LogP contribution in [0.1, 0.15) is 17.7 Å². The van der Waals surface area contributed by atoms with Gasteiger partial charge in [0.05, 0.1) is 17.9 Å². The first kappa shape index (κ1) is 14.6. The number of aryl methyl sites for hydroxylation is 2. The van der Waals surface area contributed by atoms with Crippen molar-refractivity contribution in [1.29, 1.82) is 0 Å². The summed E-state index contributed by atoms with van der Waals surface area (Å²) < 4.78 is 30.8. The van der Waals surface area contributed by atoms with Gasteiger partial charge in [0.25, 0.3) is 0 Å². The van der Waals surface area contributed by atoms with Crippen molar-refractivity contribution >= 4 is 15.8 Å². The largest absolute Gasteiger partial charge is 0.363 e. The minimum absolute atomic E-state index is 0.0794. The molecule has 0 amide bonds. The highest BCUT2D eigenvalue weighted by atomic mass is 32.2. The standard InChI is InChI=1S/C14H17N5O3S/c1-18(23(20,21)12-6-15-22-9-12)11-7-19(8-11)14-5-10-3-2-4-13(10)16-17-14/h5-6,9,11H,2-4,7-8H2,1H3. The lowest BCUT2D eigenvalue weighted by molar-refractivity contribution is 0.308. The van der Waals surface area contributed by atoms with Gasteiger partial charge in [0.1, 0.15) is 11.2 Å². The van der Waals surface area contributed by atoms with E-state index in [0.717, 1.165) is 37.0 Å². The third-order valence-electron chi connectivity index (χ3n) is 4.59. The third-order valence-corrected chi connectivity index (χ3v) is 6.45. The van der Waals surface area contributed by atoms with Crippen LogP contribution >= 0.6 is 0 Å². The molecule has 0 aromatic carbocycles. The number of fused-ring (bicyclic) bond motifs is 1. The molecule has 1 saturated heterocycles.